The van der Waals surface area contributed by atoms with Crippen molar-refractivity contribution in [3.63, 3.8) is 0 Å². The predicted octanol–water partition coefficient (Wildman–Crippen LogP) is 5.83. The topological polar surface area (TPSA) is 96.3 Å². The highest BCUT2D eigenvalue weighted by molar-refractivity contribution is 6.06. The minimum atomic E-state index is -0.251. The molecule has 0 fully saturated rings. The number of carbonyl (C=O) groups is 1. The van der Waals surface area contributed by atoms with E-state index in [0.717, 1.165) is 33.9 Å². The van der Waals surface area contributed by atoms with Gasteiger partial charge in [-0.1, -0.05) is 64.0 Å². The standard InChI is InChI=1S/C32H28N8O/c1-21-10-15-27(16-11-21)39-23(3)30(33-36-39)29(41)19-14-25-20-38(26-8-6-5-7-9-26)35-32(25)31-24(4)40(37-34-31)28-17-12-22(2)13-18-28/h5-20H,1-4H3/b19-14+. The third-order valence-electron chi connectivity index (χ3n) is 6.98. The van der Waals surface area contributed by atoms with Gasteiger partial charge in [0.2, 0.25) is 5.78 Å². The molecular formula is C32H28N8O. The summed E-state index contributed by atoms with van der Waals surface area (Å²) < 4.78 is 5.25. The summed E-state index contributed by atoms with van der Waals surface area (Å²) in [5, 5.41) is 22.2. The lowest BCUT2D eigenvalue weighted by atomic mass is 10.1. The van der Waals surface area contributed by atoms with Crippen LogP contribution in [0.2, 0.25) is 0 Å². The SMILES string of the molecule is Cc1ccc(-n2nnc(C(=O)/C=C/c3cn(-c4ccccc4)nc3-c3nnn(-c4ccc(C)cc4)c3C)c2C)cc1. The molecule has 0 bridgehead atoms. The predicted molar refractivity (Wildman–Crippen MR) is 158 cm³/mol. The van der Waals surface area contributed by atoms with Crippen LogP contribution in [0.1, 0.15) is 38.6 Å². The molecule has 0 saturated carbocycles. The molecule has 0 aliphatic rings. The Kier molecular flexibility index (Phi) is 6.68. The smallest absolute Gasteiger partial charge is 0.208 e. The lowest BCUT2D eigenvalue weighted by Gasteiger charge is -2.04. The van der Waals surface area contributed by atoms with Crippen molar-refractivity contribution in [2.45, 2.75) is 27.7 Å². The van der Waals surface area contributed by atoms with E-state index < -0.39 is 0 Å². The van der Waals surface area contributed by atoms with Gasteiger partial charge in [0, 0.05) is 11.8 Å². The van der Waals surface area contributed by atoms with Gasteiger partial charge < -0.3 is 0 Å². The minimum absolute atomic E-state index is 0.251. The van der Waals surface area contributed by atoms with Gasteiger partial charge in [0.15, 0.2) is 5.69 Å². The van der Waals surface area contributed by atoms with E-state index >= 15 is 0 Å². The van der Waals surface area contributed by atoms with Gasteiger partial charge in [-0.05, 0) is 76.2 Å². The second-order valence-electron chi connectivity index (χ2n) is 9.95. The summed E-state index contributed by atoms with van der Waals surface area (Å²) >= 11 is 0. The second-order valence-corrected chi connectivity index (χ2v) is 9.95. The molecule has 202 valence electrons. The fourth-order valence-corrected chi connectivity index (χ4v) is 4.62. The fourth-order valence-electron chi connectivity index (χ4n) is 4.62. The lowest BCUT2D eigenvalue weighted by Crippen LogP contribution is -2.02. The van der Waals surface area contributed by atoms with Crippen LogP contribution in [0.4, 0.5) is 0 Å². The molecule has 6 rings (SSSR count). The Balaban J connectivity index is 1.37. The summed E-state index contributed by atoms with van der Waals surface area (Å²) in [5.74, 6) is -0.251. The Morgan fingerprint density at radius 2 is 1.24 bits per heavy atom. The molecule has 0 unspecified atom stereocenters. The number of benzene rings is 3. The van der Waals surface area contributed by atoms with Crippen molar-refractivity contribution in [2.75, 3.05) is 0 Å². The molecule has 0 N–H and O–H groups in total. The Hall–Kier alpha value is -5.44. The van der Waals surface area contributed by atoms with E-state index in [4.69, 9.17) is 5.10 Å². The van der Waals surface area contributed by atoms with Crippen LogP contribution in [0.25, 0.3) is 34.5 Å². The van der Waals surface area contributed by atoms with Crippen molar-refractivity contribution in [3.8, 4) is 28.5 Å². The van der Waals surface area contributed by atoms with Crippen molar-refractivity contribution in [1.82, 2.24) is 39.8 Å². The van der Waals surface area contributed by atoms with Crippen LogP contribution >= 0.6 is 0 Å². The number of aromatic nitrogens is 8. The molecule has 0 amide bonds. The summed E-state index contributed by atoms with van der Waals surface area (Å²) in [7, 11) is 0. The summed E-state index contributed by atoms with van der Waals surface area (Å²) in [5.41, 5.74) is 8.74. The lowest BCUT2D eigenvalue weighted by molar-refractivity contribution is 0.104. The van der Waals surface area contributed by atoms with Crippen LogP contribution in [-0.2, 0) is 0 Å². The van der Waals surface area contributed by atoms with Crippen LogP contribution in [0, 0.1) is 27.7 Å². The molecule has 41 heavy (non-hydrogen) atoms. The third kappa shape index (κ3) is 5.00. The minimum Gasteiger partial charge on any atom is -0.287 e. The van der Waals surface area contributed by atoms with E-state index in [-0.39, 0.29) is 5.78 Å². The summed E-state index contributed by atoms with van der Waals surface area (Å²) in [6.45, 7) is 7.87. The molecule has 0 aliphatic heterocycles. The maximum absolute atomic E-state index is 13.3. The zero-order valence-corrected chi connectivity index (χ0v) is 23.2. The number of para-hydroxylation sites is 1. The second kappa shape index (κ2) is 10.6. The van der Waals surface area contributed by atoms with Crippen LogP contribution in [-0.4, -0.2) is 45.6 Å². The van der Waals surface area contributed by atoms with Gasteiger partial charge >= 0.3 is 0 Å². The van der Waals surface area contributed by atoms with Crippen LogP contribution in [0.5, 0.6) is 0 Å². The van der Waals surface area contributed by atoms with Crippen LogP contribution in [0.3, 0.4) is 0 Å². The molecule has 0 saturated heterocycles. The zero-order chi connectivity index (χ0) is 28.5. The van der Waals surface area contributed by atoms with Gasteiger partial charge in [-0.2, -0.15) is 5.10 Å². The number of hydrogen-bond acceptors (Lipinski definition) is 6. The zero-order valence-electron chi connectivity index (χ0n) is 23.2. The van der Waals surface area contributed by atoms with Gasteiger partial charge in [-0.15, -0.1) is 10.2 Å². The maximum atomic E-state index is 13.3. The molecule has 0 aliphatic carbocycles. The average Bonchev–Trinajstić information content (AvgIpc) is 3.70. The molecule has 0 atom stereocenters. The molecular weight excluding hydrogens is 512 g/mol. The van der Waals surface area contributed by atoms with Crippen LogP contribution in [0.15, 0.2) is 91.1 Å². The van der Waals surface area contributed by atoms with Crippen molar-refractivity contribution in [3.05, 3.63) is 125 Å². The van der Waals surface area contributed by atoms with Gasteiger partial charge in [0.05, 0.1) is 28.5 Å². The Morgan fingerprint density at radius 3 is 1.88 bits per heavy atom. The molecule has 9 nitrogen and oxygen atoms in total. The van der Waals surface area contributed by atoms with E-state index in [9.17, 15) is 4.79 Å². The van der Waals surface area contributed by atoms with E-state index in [1.807, 2.05) is 113 Å². The quantitative estimate of drug-likeness (QED) is 0.187. The summed E-state index contributed by atoms with van der Waals surface area (Å²) in [6, 6.07) is 25.8. The number of allylic oxidation sites excluding steroid dienone is 1. The van der Waals surface area contributed by atoms with E-state index in [2.05, 4.69) is 20.6 Å². The van der Waals surface area contributed by atoms with E-state index in [0.29, 0.717) is 22.8 Å². The van der Waals surface area contributed by atoms with Gasteiger partial charge in [-0.25, -0.2) is 14.0 Å². The maximum Gasteiger partial charge on any atom is 0.208 e. The number of hydrogen-bond donors (Lipinski definition) is 0. The number of rotatable bonds is 7. The number of nitrogens with zero attached hydrogens (tertiary/aromatic N) is 8. The highest BCUT2D eigenvalue weighted by Crippen LogP contribution is 2.27. The van der Waals surface area contributed by atoms with Gasteiger partial charge in [-0.3, -0.25) is 4.79 Å². The largest absolute Gasteiger partial charge is 0.287 e. The summed E-state index contributed by atoms with van der Waals surface area (Å²) in [6.07, 6.45) is 5.14. The molecule has 6 aromatic rings. The summed E-state index contributed by atoms with van der Waals surface area (Å²) in [4.78, 5) is 13.3. The first-order valence-corrected chi connectivity index (χ1v) is 13.3. The van der Waals surface area contributed by atoms with Crippen molar-refractivity contribution >= 4 is 11.9 Å². The van der Waals surface area contributed by atoms with E-state index in [1.54, 1.807) is 20.1 Å². The Bertz CT molecular complexity index is 1870. The Morgan fingerprint density at radius 1 is 0.659 bits per heavy atom. The van der Waals surface area contributed by atoms with E-state index in [1.165, 1.54) is 11.6 Å². The van der Waals surface area contributed by atoms with Crippen molar-refractivity contribution < 1.29 is 4.79 Å². The Labute approximate surface area is 237 Å². The molecule has 3 aromatic heterocycles. The fraction of sp³-hybridized carbons (Fsp3) is 0.125. The third-order valence-corrected chi connectivity index (χ3v) is 6.98. The molecule has 0 radical (unpaired) electrons. The molecule has 9 heteroatoms. The first-order chi connectivity index (χ1) is 19.9. The van der Waals surface area contributed by atoms with Crippen LogP contribution < -0.4 is 0 Å². The van der Waals surface area contributed by atoms with Gasteiger partial charge in [0.1, 0.15) is 11.4 Å². The average molecular weight is 541 g/mol. The monoisotopic (exact) mass is 540 g/mol. The highest BCUT2D eigenvalue weighted by Gasteiger charge is 2.20. The molecule has 3 aromatic carbocycles. The number of aryl methyl sites for hydroxylation is 2. The number of carbonyl (C=O) groups excluding carboxylic acids is 1. The molecule has 3 heterocycles. The molecule has 0 spiro atoms. The first kappa shape index (κ1) is 25.8. The normalized spacial score (nSPS) is 11.4. The first-order valence-electron chi connectivity index (χ1n) is 13.3. The highest BCUT2D eigenvalue weighted by atomic mass is 16.1. The van der Waals surface area contributed by atoms with Gasteiger partial charge in [0.25, 0.3) is 0 Å². The number of ketones is 1. The van der Waals surface area contributed by atoms with Crippen molar-refractivity contribution in [2.24, 2.45) is 0 Å². The van der Waals surface area contributed by atoms with Crippen molar-refractivity contribution in [1.29, 1.82) is 0 Å².